The third kappa shape index (κ3) is 5.17. The standard InChI is InChI=1S/C28H36N2O2/c1-29(28(31)23-10-12-27(13-11-23)32-20-21-6-7-21)26-17-24-9-8-22(16-25(24)18-26)19-30-14-4-2-3-5-15-30/h8-13,16,21,26H,2-7,14-15,17-20H2,1H3/t26-/m1/s1. The van der Waals surface area contributed by atoms with Crippen LogP contribution in [-0.4, -0.2) is 48.5 Å². The average molecular weight is 433 g/mol. The molecule has 170 valence electrons. The third-order valence-corrected chi connectivity index (χ3v) is 7.44. The van der Waals surface area contributed by atoms with E-state index >= 15 is 0 Å². The van der Waals surface area contributed by atoms with Gasteiger partial charge in [0.05, 0.1) is 6.61 Å². The number of hydrogen-bond acceptors (Lipinski definition) is 3. The van der Waals surface area contributed by atoms with Crippen molar-refractivity contribution in [3.8, 4) is 5.75 Å². The molecule has 1 atom stereocenters. The average Bonchev–Trinajstić information content (AvgIpc) is 3.60. The molecule has 32 heavy (non-hydrogen) atoms. The van der Waals surface area contributed by atoms with Crippen molar-refractivity contribution >= 4 is 5.91 Å². The highest BCUT2D eigenvalue weighted by Gasteiger charge is 2.28. The minimum atomic E-state index is 0.0985. The predicted molar refractivity (Wildman–Crippen MR) is 128 cm³/mol. The van der Waals surface area contributed by atoms with E-state index < -0.39 is 0 Å². The number of amides is 1. The fourth-order valence-corrected chi connectivity index (χ4v) is 5.13. The first-order valence-corrected chi connectivity index (χ1v) is 12.5. The Morgan fingerprint density at radius 3 is 2.41 bits per heavy atom. The van der Waals surface area contributed by atoms with Gasteiger partial charge in [-0.2, -0.15) is 0 Å². The molecule has 1 aliphatic heterocycles. The maximum atomic E-state index is 13.1. The molecule has 0 bridgehead atoms. The first-order chi connectivity index (χ1) is 15.7. The maximum Gasteiger partial charge on any atom is 0.253 e. The van der Waals surface area contributed by atoms with E-state index in [0.717, 1.165) is 43.2 Å². The van der Waals surface area contributed by atoms with Gasteiger partial charge in [-0.1, -0.05) is 31.0 Å². The van der Waals surface area contributed by atoms with Crippen molar-refractivity contribution in [2.45, 2.75) is 64.0 Å². The molecular weight excluding hydrogens is 396 g/mol. The highest BCUT2D eigenvalue weighted by Crippen LogP contribution is 2.30. The third-order valence-electron chi connectivity index (χ3n) is 7.44. The first kappa shape index (κ1) is 21.5. The Morgan fingerprint density at radius 1 is 0.969 bits per heavy atom. The van der Waals surface area contributed by atoms with Crippen molar-refractivity contribution in [3.63, 3.8) is 0 Å². The monoisotopic (exact) mass is 432 g/mol. The molecule has 3 aliphatic rings. The second-order valence-electron chi connectivity index (χ2n) is 10.1. The van der Waals surface area contributed by atoms with Crippen LogP contribution in [0.1, 0.15) is 65.6 Å². The molecule has 4 heteroatoms. The van der Waals surface area contributed by atoms with E-state index in [0.29, 0.717) is 0 Å². The Kier molecular flexibility index (Phi) is 6.49. The summed E-state index contributed by atoms with van der Waals surface area (Å²) in [5.41, 5.74) is 4.98. The van der Waals surface area contributed by atoms with Crippen molar-refractivity contribution in [2.24, 2.45) is 5.92 Å². The zero-order chi connectivity index (χ0) is 21.9. The van der Waals surface area contributed by atoms with Gasteiger partial charge < -0.3 is 9.64 Å². The second-order valence-corrected chi connectivity index (χ2v) is 10.1. The molecule has 0 unspecified atom stereocenters. The summed E-state index contributed by atoms with van der Waals surface area (Å²) in [7, 11) is 1.95. The fourth-order valence-electron chi connectivity index (χ4n) is 5.13. The number of nitrogens with zero attached hydrogens (tertiary/aromatic N) is 2. The molecule has 4 nitrogen and oxygen atoms in total. The van der Waals surface area contributed by atoms with Crippen LogP contribution in [0.15, 0.2) is 42.5 Å². The van der Waals surface area contributed by atoms with Crippen LogP contribution in [0.25, 0.3) is 0 Å². The van der Waals surface area contributed by atoms with Gasteiger partial charge in [-0.15, -0.1) is 0 Å². The van der Waals surface area contributed by atoms with Gasteiger partial charge in [-0.05, 0) is 98.5 Å². The van der Waals surface area contributed by atoms with Gasteiger partial charge in [0.2, 0.25) is 0 Å². The first-order valence-electron chi connectivity index (χ1n) is 12.5. The molecular formula is C28H36N2O2. The van der Waals surface area contributed by atoms with Gasteiger partial charge in [-0.3, -0.25) is 9.69 Å². The van der Waals surface area contributed by atoms with E-state index in [9.17, 15) is 4.79 Å². The minimum Gasteiger partial charge on any atom is -0.493 e. The molecule has 2 aliphatic carbocycles. The Labute approximate surface area is 192 Å². The molecule has 1 saturated heterocycles. The SMILES string of the molecule is CN(C(=O)c1ccc(OCC2CC2)cc1)[C@@H]1Cc2ccc(CN3CCCCCC3)cc2C1. The van der Waals surface area contributed by atoms with Gasteiger partial charge in [-0.25, -0.2) is 0 Å². The molecule has 0 N–H and O–H groups in total. The Hall–Kier alpha value is -2.33. The number of carbonyl (C=O) groups excluding carboxylic acids is 1. The van der Waals surface area contributed by atoms with Crippen molar-refractivity contribution < 1.29 is 9.53 Å². The van der Waals surface area contributed by atoms with Crippen LogP contribution >= 0.6 is 0 Å². The quantitative estimate of drug-likeness (QED) is 0.611. The Balaban J connectivity index is 1.18. The zero-order valence-corrected chi connectivity index (χ0v) is 19.4. The van der Waals surface area contributed by atoms with Crippen LogP contribution in [0, 0.1) is 5.92 Å². The Bertz CT molecular complexity index is 927. The lowest BCUT2D eigenvalue weighted by molar-refractivity contribution is 0.0737. The summed E-state index contributed by atoms with van der Waals surface area (Å²) < 4.78 is 5.81. The minimum absolute atomic E-state index is 0.0985. The fraction of sp³-hybridized carbons (Fsp3) is 0.536. The number of hydrogen-bond donors (Lipinski definition) is 0. The van der Waals surface area contributed by atoms with Gasteiger partial charge in [0.15, 0.2) is 0 Å². The van der Waals surface area contributed by atoms with Crippen LogP contribution in [-0.2, 0) is 19.4 Å². The van der Waals surface area contributed by atoms with Crippen molar-refractivity contribution in [1.29, 1.82) is 0 Å². The molecule has 0 radical (unpaired) electrons. The van der Waals surface area contributed by atoms with Crippen LogP contribution in [0.4, 0.5) is 0 Å². The number of fused-ring (bicyclic) bond motifs is 1. The lowest BCUT2D eigenvalue weighted by atomic mass is 10.1. The van der Waals surface area contributed by atoms with Crippen LogP contribution in [0.3, 0.4) is 0 Å². The summed E-state index contributed by atoms with van der Waals surface area (Å²) in [6.45, 7) is 4.30. The van der Waals surface area contributed by atoms with E-state index in [1.54, 1.807) is 0 Å². The number of likely N-dealkylation sites (tertiary alicyclic amines) is 1. The molecule has 5 rings (SSSR count). The zero-order valence-electron chi connectivity index (χ0n) is 19.4. The van der Waals surface area contributed by atoms with Gasteiger partial charge in [0.25, 0.3) is 5.91 Å². The number of rotatable bonds is 7. The van der Waals surface area contributed by atoms with Crippen LogP contribution < -0.4 is 4.74 Å². The van der Waals surface area contributed by atoms with E-state index in [1.165, 1.54) is 68.3 Å². The highest BCUT2D eigenvalue weighted by molar-refractivity contribution is 5.94. The van der Waals surface area contributed by atoms with Crippen molar-refractivity contribution in [3.05, 3.63) is 64.7 Å². The lowest BCUT2D eigenvalue weighted by Crippen LogP contribution is -2.37. The summed E-state index contributed by atoms with van der Waals surface area (Å²) in [5.74, 6) is 1.69. The van der Waals surface area contributed by atoms with Gasteiger partial charge in [0.1, 0.15) is 5.75 Å². The molecule has 0 spiro atoms. The van der Waals surface area contributed by atoms with E-state index in [-0.39, 0.29) is 11.9 Å². The molecule has 2 aromatic rings. The largest absolute Gasteiger partial charge is 0.493 e. The lowest BCUT2D eigenvalue weighted by Gasteiger charge is -2.24. The van der Waals surface area contributed by atoms with Gasteiger partial charge >= 0.3 is 0 Å². The molecule has 1 amide bonds. The van der Waals surface area contributed by atoms with E-state index in [2.05, 4.69) is 23.1 Å². The van der Waals surface area contributed by atoms with E-state index in [1.807, 2.05) is 36.2 Å². The smallest absolute Gasteiger partial charge is 0.253 e. The highest BCUT2D eigenvalue weighted by atomic mass is 16.5. The molecule has 2 fully saturated rings. The Morgan fingerprint density at radius 2 is 1.69 bits per heavy atom. The summed E-state index contributed by atoms with van der Waals surface area (Å²) in [6, 6.07) is 14.9. The van der Waals surface area contributed by atoms with E-state index in [4.69, 9.17) is 4.74 Å². The number of likely N-dealkylation sites (N-methyl/N-ethyl adjacent to an activating group) is 1. The van der Waals surface area contributed by atoms with Crippen LogP contribution in [0.5, 0.6) is 5.75 Å². The molecule has 1 heterocycles. The molecule has 2 aromatic carbocycles. The summed E-state index contributed by atoms with van der Waals surface area (Å²) in [5, 5.41) is 0. The van der Waals surface area contributed by atoms with Gasteiger partial charge in [0, 0.05) is 25.2 Å². The molecule has 1 saturated carbocycles. The van der Waals surface area contributed by atoms with Crippen molar-refractivity contribution in [1.82, 2.24) is 9.80 Å². The maximum absolute atomic E-state index is 13.1. The summed E-state index contributed by atoms with van der Waals surface area (Å²) >= 11 is 0. The number of benzene rings is 2. The molecule has 0 aromatic heterocycles. The number of ether oxygens (including phenoxy) is 1. The topological polar surface area (TPSA) is 32.8 Å². The summed E-state index contributed by atoms with van der Waals surface area (Å²) in [6.07, 6.45) is 9.87. The summed E-state index contributed by atoms with van der Waals surface area (Å²) in [4.78, 5) is 17.7. The normalized spacial score (nSPS) is 21.1. The second kappa shape index (κ2) is 9.66. The van der Waals surface area contributed by atoms with Crippen LogP contribution in [0.2, 0.25) is 0 Å². The van der Waals surface area contributed by atoms with Crippen molar-refractivity contribution in [2.75, 3.05) is 26.7 Å². The predicted octanol–water partition coefficient (Wildman–Crippen LogP) is 5.09. The number of carbonyl (C=O) groups is 1.